The summed E-state index contributed by atoms with van der Waals surface area (Å²) in [5.74, 6) is -1.50. The zero-order valence-corrected chi connectivity index (χ0v) is 14.8. The van der Waals surface area contributed by atoms with Gasteiger partial charge in [-0.1, -0.05) is 24.3 Å². The van der Waals surface area contributed by atoms with Gasteiger partial charge in [0.15, 0.2) is 0 Å². The molecule has 1 aliphatic rings. The molecule has 3 aromatic rings. The van der Waals surface area contributed by atoms with Crippen LogP contribution >= 0.6 is 0 Å². The molecule has 0 fully saturated rings. The van der Waals surface area contributed by atoms with Crippen LogP contribution in [0.15, 0.2) is 63.9 Å². The first-order valence-corrected chi connectivity index (χ1v) is 8.51. The van der Waals surface area contributed by atoms with Gasteiger partial charge in [-0.3, -0.25) is 14.7 Å². The Kier molecular flexibility index (Phi) is 4.12. The summed E-state index contributed by atoms with van der Waals surface area (Å²) in [6, 6.07) is 13.3. The van der Waals surface area contributed by atoms with Crippen molar-refractivity contribution >= 4 is 24.0 Å². The highest BCUT2D eigenvalue weighted by Crippen LogP contribution is 2.14. The lowest BCUT2D eigenvalue weighted by Crippen LogP contribution is -2.30. The van der Waals surface area contributed by atoms with Gasteiger partial charge in [0, 0.05) is 16.5 Å². The summed E-state index contributed by atoms with van der Waals surface area (Å²) in [6.07, 6.45) is 3.21. The number of amides is 1. The number of fused-ring (bicyclic) bond motifs is 1. The van der Waals surface area contributed by atoms with Crippen LogP contribution in [0, 0.1) is 6.92 Å². The van der Waals surface area contributed by atoms with Gasteiger partial charge < -0.3 is 5.11 Å². The normalized spacial score (nSPS) is 14.3. The maximum Gasteiger partial charge on any atom is 0.335 e. The third-order valence-corrected chi connectivity index (χ3v) is 4.48. The molecule has 28 heavy (non-hydrogen) atoms. The van der Waals surface area contributed by atoms with Crippen LogP contribution in [0.5, 0.6) is 0 Å². The van der Waals surface area contributed by atoms with E-state index in [1.807, 2.05) is 12.1 Å². The topological polar surface area (TPSA) is 105 Å². The van der Waals surface area contributed by atoms with Gasteiger partial charge >= 0.3 is 5.97 Å². The molecule has 0 atom stereocenters. The van der Waals surface area contributed by atoms with E-state index >= 15 is 0 Å². The molecule has 0 unspecified atom stereocenters. The second-order valence-electron chi connectivity index (χ2n) is 6.37. The predicted octanol–water partition coefficient (Wildman–Crippen LogP) is 1.20. The Bertz CT molecular complexity index is 1340. The number of carboxylic acids is 1. The Morgan fingerprint density at radius 2 is 1.93 bits per heavy atom. The molecule has 7 heteroatoms. The lowest BCUT2D eigenvalue weighted by molar-refractivity contribution is -0.114. The van der Waals surface area contributed by atoms with E-state index in [0.717, 1.165) is 5.22 Å². The summed E-state index contributed by atoms with van der Waals surface area (Å²) >= 11 is 0. The lowest BCUT2D eigenvalue weighted by atomic mass is 10.1. The summed E-state index contributed by atoms with van der Waals surface area (Å²) in [6.45, 7) is 1.71. The van der Waals surface area contributed by atoms with Crippen LogP contribution in [0.4, 0.5) is 0 Å². The van der Waals surface area contributed by atoms with Crippen molar-refractivity contribution < 1.29 is 14.7 Å². The molecule has 0 radical (unpaired) electrons. The van der Waals surface area contributed by atoms with Crippen molar-refractivity contribution in [2.75, 3.05) is 0 Å². The molecule has 1 aliphatic heterocycles. The summed E-state index contributed by atoms with van der Waals surface area (Å²) in [7, 11) is 0. The van der Waals surface area contributed by atoms with Gasteiger partial charge in [-0.05, 0) is 43.3 Å². The standard InChI is InChI=1S/C21H15N3O4/c1-12-17(11-15-9-13-5-2-3-8-18(13)22-19(15)25)20(26)24(23-12)16-7-4-6-14(10-16)21(27)28/h2-11,23H,1H3,(H,27,28). The molecule has 138 valence electrons. The number of nitrogens with one attached hydrogen (secondary N) is 1. The second kappa shape index (κ2) is 6.62. The van der Waals surface area contributed by atoms with Crippen LogP contribution in [0.25, 0.3) is 17.8 Å². The average Bonchev–Trinajstić information content (AvgIpc) is 2.97. The third-order valence-electron chi connectivity index (χ3n) is 4.48. The highest BCUT2D eigenvalue weighted by molar-refractivity contribution is 6.07. The number of hydrogen-bond acceptors (Lipinski definition) is 3. The van der Waals surface area contributed by atoms with E-state index in [2.05, 4.69) is 10.1 Å². The molecular formula is C21H15N3O4. The van der Waals surface area contributed by atoms with Crippen LogP contribution < -0.4 is 16.1 Å². The van der Waals surface area contributed by atoms with Crippen molar-refractivity contribution in [3.05, 3.63) is 91.9 Å². The Morgan fingerprint density at radius 1 is 1.14 bits per heavy atom. The molecule has 0 aliphatic carbocycles. The number of aromatic amines is 1. The van der Waals surface area contributed by atoms with Crippen molar-refractivity contribution in [2.24, 2.45) is 4.99 Å². The zero-order valence-electron chi connectivity index (χ0n) is 14.8. The van der Waals surface area contributed by atoms with Gasteiger partial charge in [-0.2, -0.15) is 0 Å². The van der Waals surface area contributed by atoms with Crippen molar-refractivity contribution in [1.29, 1.82) is 0 Å². The smallest absolute Gasteiger partial charge is 0.335 e. The first-order valence-electron chi connectivity index (χ1n) is 8.51. The van der Waals surface area contributed by atoms with Crippen LogP contribution in [0.3, 0.4) is 0 Å². The first kappa shape index (κ1) is 17.4. The monoisotopic (exact) mass is 373 g/mol. The molecule has 2 heterocycles. The molecular weight excluding hydrogens is 358 g/mol. The van der Waals surface area contributed by atoms with Gasteiger partial charge in [0.2, 0.25) is 0 Å². The minimum atomic E-state index is -1.08. The number of nitrogens with zero attached hydrogens (tertiary/aromatic N) is 2. The maximum absolute atomic E-state index is 12.9. The Labute approximate surface area is 158 Å². The minimum absolute atomic E-state index is 0.0720. The Morgan fingerprint density at radius 3 is 2.71 bits per heavy atom. The number of rotatable bonds is 3. The number of benzene rings is 2. The average molecular weight is 373 g/mol. The SMILES string of the molecule is Cc1[nH]n(-c2cccc(C(=O)O)c2)c(=O)c1C=C1C=c2ccccc2=NC1=O. The van der Waals surface area contributed by atoms with Gasteiger partial charge in [0.05, 0.1) is 22.2 Å². The van der Waals surface area contributed by atoms with Crippen LogP contribution in [0.2, 0.25) is 0 Å². The largest absolute Gasteiger partial charge is 0.478 e. The van der Waals surface area contributed by atoms with Crippen molar-refractivity contribution in [3.63, 3.8) is 0 Å². The third kappa shape index (κ3) is 2.99. The van der Waals surface area contributed by atoms with Gasteiger partial charge in [0.1, 0.15) is 0 Å². The number of H-pyrrole nitrogens is 1. The van der Waals surface area contributed by atoms with Crippen molar-refractivity contribution in [1.82, 2.24) is 9.78 Å². The number of aromatic nitrogens is 2. The molecule has 2 N–H and O–H groups in total. The lowest BCUT2D eigenvalue weighted by Gasteiger charge is -2.03. The number of carbonyl (C=O) groups excluding carboxylic acids is 1. The second-order valence-corrected chi connectivity index (χ2v) is 6.37. The fraction of sp³-hybridized carbons (Fsp3) is 0.0476. The number of carboxylic acid groups (broad SMARTS) is 1. The quantitative estimate of drug-likeness (QED) is 0.673. The molecule has 0 saturated heterocycles. The maximum atomic E-state index is 12.9. The van der Waals surface area contributed by atoms with Crippen LogP contribution in [-0.2, 0) is 4.79 Å². The summed E-state index contributed by atoms with van der Waals surface area (Å²) in [5.41, 5.74) is 1.26. The number of aryl methyl sites for hydroxylation is 1. The highest BCUT2D eigenvalue weighted by Gasteiger charge is 2.16. The molecule has 0 saturated carbocycles. The fourth-order valence-electron chi connectivity index (χ4n) is 3.06. The molecule has 4 rings (SSSR count). The summed E-state index contributed by atoms with van der Waals surface area (Å²) in [5, 5.41) is 13.5. The van der Waals surface area contributed by atoms with Crippen molar-refractivity contribution in [3.8, 4) is 5.69 Å². The van der Waals surface area contributed by atoms with Crippen LogP contribution in [-0.4, -0.2) is 26.8 Å². The molecule has 0 spiro atoms. The molecule has 2 aromatic carbocycles. The van der Waals surface area contributed by atoms with E-state index in [9.17, 15) is 14.4 Å². The van der Waals surface area contributed by atoms with Crippen LogP contribution in [0.1, 0.15) is 21.6 Å². The van der Waals surface area contributed by atoms with Gasteiger partial charge in [-0.15, -0.1) is 0 Å². The van der Waals surface area contributed by atoms with Gasteiger partial charge in [0.25, 0.3) is 11.5 Å². The van der Waals surface area contributed by atoms with E-state index in [-0.39, 0.29) is 11.1 Å². The molecule has 7 nitrogen and oxygen atoms in total. The summed E-state index contributed by atoms with van der Waals surface area (Å²) < 4.78 is 1.26. The predicted molar refractivity (Wildman–Crippen MR) is 103 cm³/mol. The summed E-state index contributed by atoms with van der Waals surface area (Å²) in [4.78, 5) is 40.4. The van der Waals surface area contributed by atoms with E-state index in [1.54, 1.807) is 37.3 Å². The Balaban J connectivity index is 1.83. The van der Waals surface area contributed by atoms with Crippen molar-refractivity contribution in [2.45, 2.75) is 6.92 Å². The number of para-hydroxylation sites is 1. The fourth-order valence-corrected chi connectivity index (χ4v) is 3.06. The molecule has 0 bridgehead atoms. The molecule has 1 amide bonds. The molecule has 1 aromatic heterocycles. The minimum Gasteiger partial charge on any atom is -0.478 e. The van der Waals surface area contributed by atoms with E-state index in [0.29, 0.717) is 27.9 Å². The van der Waals surface area contributed by atoms with E-state index < -0.39 is 11.9 Å². The number of hydrogen-bond donors (Lipinski definition) is 2. The highest BCUT2D eigenvalue weighted by atomic mass is 16.4. The van der Waals surface area contributed by atoms with Gasteiger partial charge in [-0.25, -0.2) is 14.5 Å². The number of carbonyl (C=O) groups is 2. The number of aromatic carboxylic acids is 1. The Hall–Kier alpha value is -4.00. The zero-order chi connectivity index (χ0) is 19.8. The van der Waals surface area contributed by atoms with E-state index in [4.69, 9.17) is 5.11 Å². The first-order chi connectivity index (χ1) is 13.4. The van der Waals surface area contributed by atoms with E-state index in [1.165, 1.54) is 22.9 Å².